The molecule has 26 heavy (non-hydrogen) atoms. The van der Waals surface area contributed by atoms with Gasteiger partial charge in [-0.05, 0) is 12.8 Å². The Morgan fingerprint density at radius 2 is 2.00 bits per heavy atom. The smallest absolute Gasteiger partial charge is 0.321 e. The van der Waals surface area contributed by atoms with Gasteiger partial charge < -0.3 is 9.47 Å². The van der Waals surface area contributed by atoms with Crippen LogP contribution in [0.1, 0.15) is 38.5 Å². The highest BCUT2D eigenvalue weighted by molar-refractivity contribution is 6.67. The summed E-state index contributed by atoms with van der Waals surface area (Å²) >= 11 is 16.8. The molecule has 0 aromatic carbocycles. The van der Waals surface area contributed by atoms with Gasteiger partial charge in [-0.2, -0.15) is 5.26 Å². The van der Waals surface area contributed by atoms with Gasteiger partial charge in [0.15, 0.2) is 11.2 Å². The molecule has 0 N–H and O–H groups in total. The minimum Gasteiger partial charge on any atom is -0.469 e. The summed E-state index contributed by atoms with van der Waals surface area (Å²) in [6.07, 6.45) is 1.35. The molecule has 0 amide bonds. The maximum atomic E-state index is 12.7. The van der Waals surface area contributed by atoms with Gasteiger partial charge in [0.05, 0.1) is 19.1 Å². The Hall–Kier alpha value is -1.47. The van der Waals surface area contributed by atoms with Crippen LogP contribution in [0.3, 0.4) is 0 Å². The van der Waals surface area contributed by atoms with Crippen LogP contribution in [0.5, 0.6) is 0 Å². The SMILES string of the molecule is COC(=O)C1CCC(=O)C1(CC#CCCCC#N)C(=O)OCC(Cl)(Cl)Cl. The van der Waals surface area contributed by atoms with E-state index in [2.05, 4.69) is 11.8 Å². The molecule has 0 radical (unpaired) electrons. The van der Waals surface area contributed by atoms with Crippen LogP contribution >= 0.6 is 34.8 Å². The summed E-state index contributed by atoms with van der Waals surface area (Å²) in [7, 11) is 1.18. The summed E-state index contributed by atoms with van der Waals surface area (Å²) in [5, 5.41) is 8.50. The van der Waals surface area contributed by atoms with Crippen molar-refractivity contribution in [2.24, 2.45) is 11.3 Å². The number of carbonyl (C=O) groups excluding carboxylic acids is 3. The van der Waals surface area contributed by atoms with Gasteiger partial charge >= 0.3 is 11.9 Å². The first kappa shape index (κ1) is 22.6. The highest BCUT2D eigenvalue weighted by Crippen LogP contribution is 2.45. The minimum atomic E-state index is -1.85. The number of hydrogen-bond acceptors (Lipinski definition) is 6. The molecule has 1 aliphatic rings. The Labute approximate surface area is 167 Å². The molecule has 1 saturated carbocycles. The number of halogens is 3. The number of nitrogens with zero attached hydrogens (tertiary/aromatic N) is 1. The van der Waals surface area contributed by atoms with E-state index in [0.29, 0.717) is 19.3 Å². The van der Waals surface area contributed by atoms with Crippen LogP contribution in [0.2, 0.25) is 0 Å². The summed E-state index contributed by atoms with van der Waals surface area (Å²) < 4.78 is 7.90. The topological polar surface area (TPSA) is 93.5 Å². The zero-order chi connectivity index (χ0) is 19.8. The van der Waals surface area contributed by atoms with Crippen molar-refractivity contribution in [3.8, 4) is 17.9 Å². The van der Waals surface area contributed by atoms with Crippen molar-refractivity contribution in [1.82, 2.24) is 0 Å². The van der Waals surface area contributed by atoms with Gasteiger partial charge in [0.1, 0.15) is 6.61 Å². The number of Topliss-reactive ketones (excluding diaryl/α,β-unsaturated/α-hetero) is 1. The summed E-state index contributed by atoms with van der Waals surface area (Å²) in [6.45, 7) is -0.560. The lowest BCUT2D eigenvalue weighted by atomic mass is 9.74. The summed E-state index contributed by atoms with van der Waals surface area (Å²) in [4.78, 5) is 37.3. The highest BCUT2D eigenvalue weighted by Gasteiger charge is 2.59. The van der Waals surface area contributed by atoms with Crippen LogP contribution in [0.25, 0.3) is 0 Å². The van der Waals surface area contributed by atoms with Crippen molar-refractivity contribution in [2.75, 3.05) is 13.7 Å². The van der Waals surface area contributed by atoms with Gasteiger partial charge in [0.25, 0.3) is 0 Å². The monoisotopic (exact) mass is 421 g/mol. The average Bonchev–Trinajstić information content (AvgIpc) is 2.92. The van der Waals surface area contributed by atoms with Crippen LogP contribution in [0, 0.1) is 34.5 Å². The number of ether oxygens (including phenoxy) is 2. The van der Waals surface area contributed by atoms with E-state index in [1.54, 1.807) is 0 Å². The number of ketones is 1. The second-order valence-corrected chi connectivity index (χ2v) is 8.26. The van der Waals surface area contributed by atoms with E-state index < -0.39 is 39.5 Å². The molecule has 2 atom stereocenters. The van der Waals surface area contributed by atoms with Crippen LogP contribution in [0.15, 0.2) is 0 Å². The Morgan fingerprint density at radius 1 is 1.31 bits per heavy atom. The largest absolute Gasteiger partial charge is 0.469 e. The fraction of sp³-hybridized carbons (Fsp3) is 0.647. The third-order valence-electron chi connectivity index (χ3n) is 4.05. The Bertz CT molecular complexity index is 656. The second kappa shape index (κ2) is 10.0. The summed E-state index contributed by atoms with van der Waals surface area (Å²) in [5.74, 6) is 2.47. The van der Waals surface area contributed by atoms with Crippen LogP contribution in [0.4, 0.5) is 0 Å². The molecule has 0 aliphatic heterocycles. The van der Waals surface area contributed by atoms with Crippen molar-refractivity contribution in [1.29, 1.82) is 5.26 Å². The van der Waals surface area contributed by atoms with Gasteiger partial charge in [-0.3, -0.25) is 14.4 Å². The van der Waals surface area contributed by atoms with Crippen LogP contribution in [-0.4, -0.2) is 35.2 Å². The minimum absolute atomic E-state index is 0.0265. The average molecular weight is 423 g/mol. The molecule has 1 rings (SSSR count). The number of methoxy groups -OCH3 is 1. The number of rotatable bonds is 6. The van der Waals surface area contributed by atoms with Crippen molar-refractivity contribution in [3.05, 3.63) is 0 Å². The number of unbranched alkanes of at least 4 members (excludes halogenated alkanes) is 2. The lowest BCUT2D eigenvalue weighted by Gasteiger charge is -2.29. The van der Waals surface area contributed by atoms with Crippen LogP contribution in [-0.2, 0) is 23.9 Å². The molecule has 142 valence electrons. The Balaban J connectivity index is 3.07. The number of hydrogen-bond donors (Lipinski definition) is 0. The van der Waals surface area contributed by atoms with E-state index in [9.17, 15) is 14.4 Å². The third kappa shape index (κ3) is 5.77. The molecule has 0 spiro atoms. The van der Waals surface area contributed by atoms with E-state index >= 15 is 0 Å². The van der Waals surface area contributed by atoms with Gasteiger partial charge in [-0.25, -0.2) is 0 Å². The molecule has 1 aliphatic carbocycles. The predicted molar refractivity (Wildman–Crippen MR) is 95.3 cm³/mol. The Morgan fingerprint density at radius 3 is 2.58 bits per heavy atom. The zero-order valence-corrected chi connectivity index (χ0v) is 16.4. The standard InChI is InChI=1S/C17H18Cl3NO5/c1-25-14(23)12-7-8-13(22)16(12,9-5-3-2-4-6-10-21)15(24)26-11-17(18,19)20/h12H,2,4,6-9,11H2,1H3. The zero-order valence-electron chi connectivity index (χ0n) is 14.1. The first-order chi connectivity index (χ1) is 12.2. The molecule has 0 saturated heterocycles. The number of carbonyl (C=O) groups is 3. The van der Waals surface area contributed by atoms with Gasteiger partial charge in [-0.1, -0.05) is 34.8 Å². The first-order valence-electron chi connectivity index (χ1n) is 7.87. The summed E-state index contributed by atoms with van der Waals surface area (Å²) in [6, 6.07) is 2.00. The van der Waals surface area contributed by atoms with Crippen molar-refractivity contribution >= 4 is 52.5 Å². The molecule has 0 bridgehead atoms. The molecule has 2 unspecified atom stereocenters. The predicted octanol–water partition coefficient (Wildman–Crippen LogP) is 3.13. The van der Waals surface area contributed by atoms with E-state index in [1.807, 2.05) is 6.07 Å². The van der Waals surface area contributed by atoms with Crippen molar-refractivity contribution in [2.45, 2.75) is 42.3 Å². The normalized spacial score (nSPS) is 22.1. The Kier molecular flexibility index (Phi) is 8.70. The van der Waals surface area contributed by atoms with Gasteiger partial charge in [0.2, 0.25) is 3.79 Å². The molecular weight excluding hydrogens is 405 g/mol. The van der Waals surface area contributed by atoms with E-state index in [-0.39, 0.29) is 19.3 Å². The lowest BCUT2D eigenvalue weighted by Crippen LogP contribution is -2.45. The number of nitriles is 1. The highest BCUT2D eigenvalue weighted by atomic mass is 35.6. The first-order valence-corrected chi connectivity index (χ1v) is 9.00. The van der Waals surface area contributed by atoms with E-state index in [4.69, 9.17) is 49.5 Å². The molecule has 6 nitrogen and oxygen atoms in total. The maximum Gasteiger partial charge on any atom is 0.321 e. The van der Waals surface area contributed by atoms with Gasteiger partial charge in [0, 0.05) is 25.7 Å². The molecule has 0 aromatic heterocycles. The van der Waals surface area contributed by atoms with E-state index in [0.717, 1.165) is 0 Å². The number of alkyl halides is 3. The number of esters is 2. The lowest BCUT2D eigenvalue weighted by molar-refractivity contribution is -0.168. The molecule has 0 aromatic rings. The maximum absolute atomic E-state index is 12.7. The third-order valence-corrected chi connectivity index (χ3v) is 4.38. The van der Waals surface area contributed by atoms with Gasteiger partial charge in [-0.15, -0.1) is 11.8 Å². The molecule has 1 fully saturated rings. The quantitative estimate of drug-likeness (QED) is 0.215. The second-order valence-electron chi connectivity index (χ2n) is 5.74. The molecule has 0 heterocycles. The van der Waals surface area contributed by atoms with Crippen LogP contribution < -0.4 is 0 Å². The van der Waals surface area contributed by atoms with E-state index in [1.165, 1.54) is 7.11 Å². The fourth-order valence-electron chi connectivity index (χ4n) is 2.77. The fourth-order valence-corrected chi connectivity index (χ4v) is 2.94. The molecular formula is C17H18Cl3NO5. The van der Waals surface area contributed by atoms with Crippen molar-refractivity contribution in [3.63, 3.8) is 0 Å². The molecule has 9 heteroatoms. The van der Waals surface area contributed by atoms with Crippen molar-refractivity contribution < 1.29 is 23.9 Å². The summed E-state index contributed by atoms with van der Waals surface area (Å²) in [5.41, 5.74) is -1.77.